The number of aliphatic hydroxyl groups excluding tert-OH is 1. The molecule has 0 saturated heterocycles. The predicted molar refractivity (Wildman–Crippen MR) is 59.5 cm³/mol. The van der Waals surface area contributed by atoms with E-state index in [0.29, 0.717) is 0 Å². The van der Waals surface area contributed by atoms with E-state index < -0.39 is 6.10 Å². The lowest BCUT2D eigenvalue weighted by Gasteiger charge is -2.17. The lowest BCUT2D eigenvalue weighted by atomic mass is 10.2. The molecule has 0 saturated carbocycles. The van der Waals surface area contributed by atoms with E-state index in [-0.39, 0.29) is 6.04 Å². The van der Waals surface area contributed by atoms with Crippen LogP contribution in [0.3, 0.4) is 0 Å². The minimum absolute atomic E-state index is 0.0107. The molecule has 1 heterocycles. The highest BCUT2D eigenvalue weighted by atomic mass is 127. The Morgan fingerprint density at radius 2 is 2.23 bits per heavy atom. The summed E-state index contributed by atoms with van der Waals surface area (Å²) >= 11 is 2.15. The minimum atomic E-state index is -0.397. The van der Waals surface area contributed by atoms with Gasteiger partial charge in [0, 0.05) is 6.20 Å². The monoisotopic (exact) mass is 293 g/mol. The normalized spacial score (nSPS) is 15.1. The smallest absolute Gasteiger partial charge is 0.143 e. The molecule has 0 aliphatic carbocycles. The van der Waals surface area contributed by atoms with Crippen molar-refractivity contribution in [2.45, 2.75) is 26.0 Å². The zero-order chi connectivity index (χ0) is 9.84. The molecule has 13 heavy (non-hydrogen) atoms. The molecule has 2 N–H and O–H groups in total. The van der Waals surface area contributed by atoms with E-state index in [1.165, 1.54) is 6.33 Å². The fraction of sp³-hybridized carbons (Fsp3) is 0.500. The molecule has 0 aromatic carbocycles. The number of aromatic nitrogens is 2. The fourth-order valence-corrected chi connectivity index (χ4v) is 1.21. The quantitative estimate of drug-likeness (QED) is 0.824. The van der Waals surface area contributed by atoms with Crippen LogP contribution in [0, 0.1) is 3.57 Å². The van der Waals surface area contributed by atoms with E-state index in [1.54, 1.807) is 13.1 Å². The third kappa shape index (κ3) is 3.07. The predicted octanol–water partition coefficient (Wildman–Crippen LogP) is 1.26. The van der Waals surface area contributed by atoms with Gasteiger partial charge in [-0.2, -0.15) is 0 Å². The Bertz CT molecular complexity index is 280. The average molecular weight is 293 g/mol. The summed E-state index contributed by atoms with van der Waals surface area (Å²) in [4.78, 5) is 7.94. The molecule has 0 bridgehead atoms. The summed E-state index contributed by atoms with van der Waals surface area (Å²) in [5, 5.41) is 12.4. The fourth-order valence-electron chi connectivity index (χ4n) is 0.755. The van der Waals surface area contributed by atoms with Gasteiger partial charge in [0.1, 0.15) is 12.1 Å². The first-order valence-electron chi connectivity index (χ1n) is 4.01. The summed E-state index contributed by atoms with van der Waals surface area (Å²) in [6, 6.07) is -0.0107. The third-order valence-electron chi connectivity index (χ3n) is 1.76. The van der Waals surface area contributed by atoms with Crippen LogP contribution in [0.1, 0.15) is 13.8 Å². The second-order valence-corrected chi connectivity index (χ2v) is 4.06. The van der Waals surface area contributed by atoms with Gasteiger partial charge >= 0.3 is 0 Å². The number of halogens is 1. The highest BCUT2D eigenvalue weighted by Crippen LogP contribution is 2.14. The largest absolute Gasteiger partial charge is 0.391 e. The SMILES string of the molecule is CC(O)C(C)Nc1ncncc1I. The van der Waals surface area contributed by atoms with Crippen molar-refractivity contribution in [3.63, 3.8) is 0 Å². The van der Waals surface area contributed by atoms with Crippen LogP contribution in [0.15, 0.2) is 12.5 Å². The van der Waals surface area contributed by atoms with Crippen molar-refractivity contribution >= 4 is 28.4 Å². The summed E-state index contributed by atoms with van der Waals surface area (Å²) in [5.74, 6) is 0.768. The molecular weight excluding hydrogens is 281 g/mol. The molecule has 72 valence electrons. The van der Waals surface area contributed by atoms with Crippen molar-refractivity contribution in [3.05, 3.63) is 16.1 Å². The van der Waals surface area contributed by atoms with Gasteiger partial charge in [-0.1, -0.05) is 0 Å². The number of anilines is 1. The van der Waals surface area contributed by atoms with Gasteiger partial charge in [-0.3, -0.25) is 0 Å². The Morgan fingerprint density at radius 3 is 2.77 bits per heavy atom. The maximum absolute atomic E-state index is 9.26. The number of nitrogens with zero attached hydrogens (tertiary/aromatic N) is 2. The number of aliphatic hydroxyl groups is 1. The first kappa shape index (κ1) is 10.6. The van der Waals surface area contributed by atoms with Gasteiger partial charge in [-0.15, -0.1) is 0 Å². The number of hydrogen-bond acceptors (Lipinski definition) is 4. The van der Waals surface area contributed by atoms with E-state index >= 15 is 0 Å². The van der Waals surface area contributed by atoms with Gasteiger partial charge in [0.2, 0.25) is 0 Å². The molecule has 0 aliphatic rings. The van der Waals surface area contributed by atoms with E-state index in [4.69, 9.17) is 0 Å². The summed E-state index contributed by atoms with van der Waals surface area (Å²) in [6.45, 7) is 3.65. The molecule has 0 aliphatic heterocycles. The lowest BCUT2D eigenvalue weighted by molar-refractivity contribution is 0.177. The lowest BCUT2D eigenvalue weighted by Crippen LogP contribution is -2.28. The highest BCUT2D eigenvalue weighted by Gasteiger charge is 2.10. The molecule has 1 aromatic rings. The Balaban J connectivity index is 2.69. The molecule has 4 nitrogen and oxygen atoms in total. The molecule has 5 heteroatoms. The van der Waals surface area contributed by atoms with Crippen LogP contribution in [0.5, 0.6) is 0 Å². The van der Waals surface area contributed by atoms with Crippen molar-refractivity contribution in [2.75, 3.05) is 5.32 Å². The van der Waals surface area contributed by atoms with Gasteiger partial charge < -0.3 is 10.4 Å². The van der Waals surface area contributed by atoms with E-state index in [2.05, 4.69) is 37.9 Å². The number of nitrogens with one attached hydrogen (secondary N) is 1. The Kier molecular flexibility index (Phi) is 3.86. The minimum Gasteiger partial charge on any atom is -0.391 e. The van der Waals surface area contributed by atoms with Gasteiger partial charge in [-0.05, 0) is 36.4 Å². The molecule has 2 atom stereocenters. The Hall–Kier alpha value is -0.430. The van der Waals surface area contributed by atoms with Crippen LogP contribution in [0.25, 0.3) is 0 Å². The van der Waals surface area contributed by atoms with Gasteiger partial charge in [0.25, 0.3) is 0 Å². The maximum atomic E-state index is 9.26. The molecular formula is C8H12IN3O. The first-order valence-corrected chi connectivity index (χ1v) is 5.09. The van der Waals surface area contributed by atoms with Crippen molar-refractivity contribution in [1.29, 1.82) is 0 Å². The van der Waals surface area contributed by atoms with Crippen molar-refractivity contribution < 1.29 is 5.11 Å². The molecule has 0 amide bonds. The van der Waals surface area contributed by atoms with E-state index in [9.17, 15) is 5.11 Å². The van der Waals surface area contributed by atoms with E-state index in [1.807, 2.05) is 6.92 Å². The molecule has 2 unspecified atom stereocenters. The summed E-state index contributed by atoms with van der Waals surface area (Å²) in [5.41, 5.74) is 0. The van der Waals surface area contributed by atoms with Gasteiger partial charge in [0.15, 0.2) is 0 Å². The summed E-state index contributed by atoms with van der Waals surface area (Å²) < 4.78 is 0.951. The molecule has 0 fully saturated rings. The van der Waals surface area contributed by atoms with E-state index in [0.717, 1.165) is 9.39 Å². The Morgan fingerprint density at radius 1 is 1.54 bits per heavy atom. The van der Waals surface area contributed by atoms with Crippen molar-refractivity contribution in [3.8, 4) is 0 Å². The maximum Gasteiger partial charge on any atom is 0.143 e. The molecule has 1 rings (SSSR count). The van der Waals surface area contributed by atoms with Crippen LogP contribution in [-0.4, -0.2) is 27.2 Å². The Labute approximate surface area is 90.9 Å². The van der Waals surface area contributed by atoms with Crippen LogP contribution >= 0.6 is 22.6 Å². The molecule has 0 spiro atoms. The summed E-state index contributed by atoms with van der Waals surface area (Å²) in [6.07, 6.45) is 2.81. The third-order valence-corrected chi connectivity index (χ3v) is 2.55. The van der Waals surface area contributed by atoms with Crippen LogP contribution in [0.2, 0.25) is 0 Å². The zero-order valence-electron chi connectivity index (χ0n) is 7.53. The topological polar surface area (TPSA) is 58.0 Å². The average Bonchev–Trinajstić information content (AvgIpc) is 2.08. The van der Waals surface area contributed by atoms with Gasteiger partial charge in [0.05, 0.1) is 15.7 Å². The number of hydrogen-bond donors (Lipinski definition) is 2. The van der Waals surface area contributed by atoms with Crippen LogP contribution in [0.4, 0.5) is 5.82 Å². The first-order chi connectivity index (χ1) is 6.11. The standard InChI is InChI=1S/C8H12IN3O/c1-5(6(2)13)12-8-7(9)3-10-4-11-8/h3-6,13H,1-2H3,(H,10,11,12). The molecule has 1 aromatic heterocycles. The number of rotatable bonds is 3. The highest BCUT2D eigenvalue weighted by molar-refractivity contribution is 14.1. The second-order valence-electron chi connectivity index (χ2n) is 2.89. The second kappa shape index (κ2) is 4.71. The molecule has 0 radical (unpaired) electrons. The van der Waals surface area contributed by atoms with Crippen molar-refractivity contribution in [2.24, 2.45) is 0 Å². The van der Waals surface area contributed by atoms with Crippen LogP contribution in [-0.2, 0) is 0 Å². The summed E-state index contributed by atoms with van der Waals surface area (Å²) in [7, 11) is 0. The van der Waals surface area contributed by atoms with Crippen molar-refractivity contribution in [1.82, 2.24) is 9.97 Å². The van der Waals surface area contributed by atoms with Gasteiger partial charge in [-0.25, -0.2) is 9.97 Å². The zero-order valence-corrected chi connectivity index (χ0v) is 9.69. The van der Waals surface area contributed by atoms with Crippen LogP contribution < -0.4 is 5.32 Å².